The van der Waals surface area contributed by atoms with Gasteiger partial charge in [0.1, 0.15) is 11.9 Å². The van der Waals surface area contributed by atoms with E-state index in [2.05, 4.69) is 13.8 Å². The first-order valence-electron chi connectivity index (χ1n) is 6.60. The Bertz CT molecular complexity index is 317. The minimum Gasteiger partial charge on any atom is -0.444 e. The molecule has 1 saturated heterocycles. The van der Waals surface area contributed by atoms with Gasteiger partial charge in [0.25, 0.3) is 0 Å². The molecule has 0 spiro atoms. The van der Waals surface area contributed by atoms with Crippen LogP contribution >= 0.6 is 0 Å². The van der Waals surface area contributed by atoms with Crippen LogP contribution in [0.5, 0.6) is 0 Å². The maximum absolute atomic E-state index is 12.1. The molecular formula is C14H25NO3. The molecule has 1 aliphatic rings. The van der Waals surface area contributed by atoms with E-state index in [0.29, 0.717) is 18.9 Å². The molecule has 0 unspecified atom stereocenters. The smallest absolute Gasteiger partial charge is 0.410 e. The molecule has 0 bridgehead atoms. The van der Waals surface area contributed by atoms with Crippen molar-refractivity contribution in [2.45, 2.75) is 65.0 Å². The normalized spacial score (nSPS) is 22.9. The van der Waals surface area contributed by atoms with Crippen LogP contribution in [0, 0.1) is 5.92 Å². The molecule has 0 saturated carbocycles. The van der Waals surface area contributed by atoms with Crippen molar-refractivity contribution in [2.75, 3.05) is 6.54 Å². The highest BCUT2D eigenvalue weighted by Gasteiger charge is 2.42. The second kappa shape index (κ2) is 5.29. The molecule has 4 heteroatoms. The predicted molar refractivity (Wildman–Crippen MR) is 70.4 cm³/mol. The molecular weight excluding hydrogens is 230 g/mol. The average Bonchev–Trinajstić information content (AvgIpc) is 2.48. The maximum atomic E-state index is 12.1. The molecule has 0 radical (unpaired) electrons. The van der Waals surface area contributed by atoms with Crippen LogP contribution in [0.25, 0.3) is 0 Å². The highest BCUT2D eigenvalue weighted by Crippen LogP contribution is 2.35. The van der Waals surface area contributed by atoms with Gasteiger partial charge in [0.2, 0.25) is 0 Å². The van der Waals surface area contributed by atoms with Gasteiger partial charge >= 0.3 is 6.09 Å². The third-order valence-corrected chi connectivity index (χ3v) is 3.27. The highest BCUT2D eigenvalue weighted by molar-refractivity contribution is 5.69. The van der Waals surface area contributed by atoms with E-state index in [9.17, 15) is 9.59 Å². The van der Waals surface area contributed by atoms with Gasteiger partial charge in [-0.3, -0.25) is 0 Å². The van der Waals surface area contributed by atoms with Gasteiger partial charge in [0.15, 0.2) is 0 Å². The number of hydrogen-bond donors (Lipinski definition) is 0. The van der Waals surface area contributed by atoms with Gasteiger partial charge in [-0.05, 0) is 53.4 Å². The molecule has 1 atom stereocenters. The quantitative estimate of drug-likeness (QED) is 0.728. The summed E-state index contributed by atoms with van der Waals surface area (Å²) in [7, 11) is 0. The summed E-state index contributed by atoms with van der Waals surface area (Å²) >= 11 is 0. The molecule has 0 aromatic heterocycles. The summed E-state index contributed by atoms with van der Waals surface area (Å²) < 4.78 is 5.43. The SMILES string of the molecule is CC(C)(C)OC(=O)N1C[C@@H](CCC=O)CC1(C)C. The third-order valence-electron chi connectivity index (χ3n) is 3.27. The Labute approximate surface area is 110 Å². The van der Waals surface area contributed by atoms with Crippen LogP contribution in [0.3, 0.4) is 0 Å². The van der Waals surface area contributed by atoms with Gasteiger partial charge in [-0.2, -0.15) is 0 Å². The van der Waals surface area contributed by atoms with Crippen LogP contribution in [-0.4, -0.2) is 35.0 Å². The number of ether oxygens (including phenoxy) is 1. The summed E-state index contributed by atoms with van der Waals surface area (Å²) in [6.07, 6.45) is 3.05. The fraction of sp³-hybridized carbons (Fsp3) is 0.857. The van der Waals surface area contributed by atoms with Gasteiger partial charge in [-0.15, -0.1) is 0 Å². The Morgan fingerprint density at radius 3 is 2.56 bits per heavy atom. The van der Waals surface area contributed by atoms with Crippen molar-refractivity contribution < 1.29 is 14.3 Å². The number of carbonyl (C=O) groups is 2. The van der Waals surface area contributed by atoms with Gasteiger partial charge in [0, 0.05) is 18.5 Å². The van der Waals surface area contributed by atoms with E-state index in [1.165, 1.54) is 0 Å². The molecule has 1 amide bonds. The number of carbonyl (C=O) groups excluding carboxylic acids is 2. The van der Waals surface area contributed by atoms with Crippen molar-refractivity contribution in [3.63, 3.8) is 0 Å². The zero-order valence-electron chi connectivity index (χ0n) is 12.2. The third kappa shape index (κ3) is 4.00. The van der Waals surface area contributed by atoms with E-state index in [-0.39, 0.29) is 11.6 Å². The van der Waals surface area contributed by atoms with Crippen LogP contribution in [0.1, 0.15) is 53.9 Å². The Morgan fingerprint density at radius 1 is 1.44 bits per heavy atom. The van der Waals surface area contributed by atoms with E-state index in [4.69, 9.17) is 4.74 Å². The average molecular weight is 255 g/mol. The molecule has 0 aliphatic carbocycles. The monoisotopic (exact) mass is 255 g/mol. The molecule has 4 nitrogen and oxygen atoms in total. The summed E-state index contributed by atoms with van der Waals surface area (Å²) in [6.45, 7) is 10.4. The summed E-state index contributed by atoms with van der Waals surface area (Å²) in [5.41, 5.74) is -0.649. The standard InChI is InChI=1S/C14H25NO3/c1-13(2,3)18-12(17)15-10-11(7-6-8-16)9-14(15,4)5/h8,11H,6-7,9-10H2,1-5H3/t11-/m0/s1. The number of amides is 1. The molecule has 1 rings (SSSR count). The van der Waals surface area contributed by atoms with Crippen molar-refractivity contribution in [1.82, 2.24) is 4.90 Å². The van der Waals surface area contributed by atoms with Crippen LogP contribution in [-0.2, 0) is 9.53 Å². The lowest BCUT2D eigenvalue weighted by Gasteiger charge is -2.33. The minimum atomic E-state index is -0.464. The summed E-state index contributed by atoms with van der Waals surface area (Å²) in [6, 6.07) is 0. The molecule has 1 heterocycles. The van der Waals surface area contributed by atoms with Crippen LogP contribution in [0.4, 0.5) is 4.79 Å². The van der Waals surface area contributed by atoms with E-state index in [1.54, 1.807) is 4.90 Å². The lowest BCUT2D eigenvalue weighted by atomic mass is 9.94. The second-order valence-electron chi connectivity index (χ2n) is 6.72. The van der Waals surface area contributed by atoms with E-state index in [0.717, 1.165) is 19.1 Å². The fourth-order valence-corrected chi connectivity index (χ4v) is 2.52. The Hall–Kier alpha value is -1.06. The van der Waals surface area contributed by atoms with Crippen LogP contribution in [0.15, 0.2) is 0 Å². The van der Waals surface area contributed by atoms with Crippen molar-refractivity contribution in [3.8, 4) is 0 Å². The molecule has 104 valence electrons. The molecule has 1 fully saturated rings. The number of likely N-dealkylation sites (tertiary alicyclic amines) is 1. The summed E-state index contributed by atoms with van der Waals surface area (Å²) in [4.78, 5) is 24.4. The van der Waals surface area contributed by atoms with Crippen molar-refractivity contribution in [1.29, 1.82) is 0 Å². The van der Waals surface area contributed by atoms with Gasteiger partial charge < -0.3 is 14.4 Å². The Balaban J connectivity index is 2.65. The minimum absolute atomic E-state index is 0.185. The molecule has 1 aliphatic heterocycles. The highest BCUT2D eigenvalue weighted by atomic mass is 16.6. The maximum Gasteiger partial charge on any atom is 0.410 e. The first-order chi connectivity index (χ1) is 8.15. The molecule has 0 aromatic carbocycles. The first kappa shape index (κ1) is 15.0. The lowest BCUT2D eigenvalue weighted by Crippen LogP contribution is -2.45. The summed E-state index contributed by atoms with van der Waals surface area (Å²) in [5, 5.41) is 0. The van der Waals surface area contributed by atoms with E-state index in [1.807, 2.05) is 20.8 Å². The van der Waals surface area contributed by atoms with Crippen molar-refractivity contribution >= 4 is 12.4 Å². The zero-order chi connectivity index (χ0) is 14.0. The largest absolute Gasteiger partial charge is 0.444 e. The zero-order valence-corrected chi connectivity index (χ0v) is 12.2. The Kier molecular flexibility index (Phi) is 4.41. The fourth-order valence-electron chi connectivity index (χ4n) is 2.52. The molecule has 18 heavy (non-hydrogen) atoms. The van der Waals surface area contributed by atoms with E-state index >= 15 is 0 Å². The van der Waals surface area contributed by atoms with Crippen molar-refractivity contribution in [3.05, 3.63) is 0 Å². The number of nitrogens with zero attached hydrogens (tertiary/aromatic N) is 1. The van der Waals surface area contributed by atoms with Gasteiger partial charge in [0.05, 0.1) is 0 Å². The molecule has 0 aromatic rings. The van der Waals surface area contributed by atoms with Crippen molar-refractivity contribution in [2.24, 2.45) is 5.92 Å². The molecule has 0 N–H and O–H groups in total. The van der Waals surface area contributed by atoms with Gasteiger partial charge in [-0.1, -0.05) is 0 Å². The Morgan fingerprint density at radius 2 is 2.06 bits per heavy atom. The summed E-state index contributed by atoms with van der Waals surface area (Å²) in [5.74, 6) is 0.401. The number of hydrogen-bond acceptors (Lipinski definition) is 3. The van der Waals surface area contributed by atoms with Crippen LogP contribution in [0.2, 0.25) is 0 Å². The van der Waals surface area contributed by atoms with Gasteiger partial charge in [-0.25, -0.2) is 4.79 Å². The number of rotatable bonds is 3. The lowest BCUT2D eigenvalue weighted by molar-refractivity contribution is -0.108. The topological polar surface area (TPSA) is 46.6 Å². The number of aldehydes is 1. The first-order valence-corrected chi connectivity index (χ1v) is 6.60. The second-order valence-corrected chi connectivity index (χ2v) is 6.72. The van der Waals surface area contributed by atoms with E-state index < -0.39 is 5.60 Å². The van der Waals surface area contributed by atoms with Crippen LogP contribution < -0.4 is 0 Å². The predicted octanol–water partition coefficient (Wildman–Crippen LogP) is 3.00.